The van der Waals surface area contributed by atoms with Crippen molar-refractivity contribution in [3.63, 3.8) is 0 Å². The predicted molar refractivity (Wildman–Crippen MR) is 66.9 cm³/mol. The summed E-state index contributed by atoms with van der Waals surface area (Å²) < 4.78 is 0. The maximum absolute atomic E-state index is 3.52. The Morgan fingerprint density at radius 1 is 1.13 bits per heavy atom. The Morgan fingerprint density at radius 3 is 2.40 bits per heavy atom. The van der Waals surface area contributed by atoms with Crippen molar-refractivity contribution in [1.29, 1.82) is 0 Å². The molecule has 0 aliphatic carbocycles. The van der Waals surface area contributed by atoms with Crippen LogP contribution in [0.3, 0.4) is 0 Å². The molecule has 0 aromatic heterocycles. The summed E-state index contributed by atoms with van der Waals surface area (Å²) in [6.45, 7) is 11.1. The molecule has 0 bridgehead atoms. The first-order valence-electron chi connectivity index (χ1n) is 5.86. The molecule has 1 nitrogen and oxygen atoms in total. The second-order valence-electron chi connectivity index (χ2n) is 4.78. The molecular formula is C14H23N. The highest BCUT2D eigenvalue weighted by Gasteiger charge is 2.06. The first-order chi connectivity index (χ1) is 7.11. The summed E-state index contributed by atoms with van der Waals surface area (Å²) in [6, 6.07) is 8.57. The Kier molecular flexibility index (Phi) is 4.83. The van der Waals surface area contributed by atoms with Gasteiger partial charge < -0.3 is 5.32 Å². The third kappa shape index (κ3) is 4.05. The second-order valence-corrected chi connectivity index (χ2v) is 4.78. The van der Waals surface area contributed by atoms with Gasteiger partial charge in [-0.25, -0.2) is 0 Å². The van der Waals surface area contributed by atoms with Gasteiger partial charge in [-0.3, -0.25) is 0 Å². The molecule has 0 amide bonds. The van der Waals surface area contributed by atoms with Crippen molar-refractivity contribution in [3.05, 3.63) is 35.4 Å². The van der Waals surface area contributed by atoms with Crippen LogP contribution in [0.15, 0.2) is 24.3 Å². The number of nitrogens with one attached hydrogen (secondary N) is 1. The number of hydrogen-bond donors (Lipinski definition) is 1. The molecule has 15 heavy (non-hydrogen) atoms. The van der Waals surface area contributed by atoms with E-state index in [9.17, 15) is 0 Å². The van der Waals surface area contributed by atoms with E-state index >= 15 is 0 Å². The molecule has 1 rings (SSSR count). The minimum atomic E-state index is 0.744. The van der Waals surface area contributed by atoms with E-state index in [4.69, 9.17) is 0 Å². The van der Waals surface area contributed by atoms with Gasteiger partial charge in [0.25, 0.3) is 0 Å². The van der Waals surface area contributed by atoms with E-state index in [0.717, 1.165) is 24.9 Å². The van der Waals surface area contributed by atoms with Crippen LogP contribution in [0.5, 0.6) is 0 Å². The summed E-state index contributed by atoms with van der Waals surface area (Å²) >= 11 is 0. The molecule has 1 aromatic rings. The van der Waals surface area contributed by atoms with Crippen LogP contribution >= 0.6 is 0 Å². The summed E-state index contributed by atoms with van der Waals surface area (Å²) in [5.41, 5.74) is 2.79. The second kappa shape index (κ2) is 5.92. The van der Waals surface area contributed by atoms with Crippen molar-refractivity contribution in [2.75, 3.05) is 6.54 Å². The van der Waals surface area contributed by atoms with Gasteiger partial charge in [-0.1, -0.05) is 45.0 Å². The van der Waals surface area contributed by atoms with Crippen LogP contribution in [0.4, 0.5) is 0 Å². The van der Waals surface area contributed by atoms with Crippen molar-refractivity contribution in [3.8, 4) is 0 Å². The van der Waals surface area contributed by atoms with E-state index in [2.05, 4.69) is 57.3 Å². The molecule has 1 atom stereocenters. The molecule has 0 aliphatic heterocycles. The minimum Gasteiger partial charge on any atom is -0.312 e. The van der Waals surface area contributed by atoms with Crippen LogP contribution in [0.25, 0.3) is 0 Å². The van der Waals surface area contributed by atoms with Crippen molar-refractivity contribution < 1.29 is 0 Å². The quantitative estimate of drug-likeness (QED) is 0.777. The van der Waals surface area contributed by atoms with Gasteiger partial charge in [-0.05, 0) is 36.4 Å². The van der Waals surface area contributed by atoms with Gasteiger partial charge in [0.1, 0.15) is 0 Å². The van der Waals surface area contributed by atoms with Crippen LogP contribution in [0.2, 0.25) is 0 Å². The molecular weight excluding hydrogens is 182 g/mol. The lowest BCUT2D eigenvalue weighted by Crippen LogP contribution is -2.24. The molecule has 0 saturated carbocycles. The normalized spacial score (nSPS) is 13.1. The topological polar surface area (TPSA) is 12.0 Å². The highest BCUT2D eigenvalue weighted by molar-refractivity contribution is 5.25. The summed E-state index contributed by atoms with van der Waals surface area (Å²) in [5.74, 6) is 1.50. The van der Waals surface area contributed by atoms with Crippen LogP contribution in [0, 0.1) is 18.8 Å². The van der Waals surface area contributed by atoms with Crippen LogP contribution in [-0.2, 0) is 6.54 Å². The van der Waals surface area contributed by atoms with Crippen molar-refractivity contribution in [1.82, 2.24) is 5.32 Å². The summed E-state index contributed by atoms with van der Waals surface area (Å²) in [6.07, 6.45) is 0. The van der Waals surface area contributed by atoms with Crippen molar-refractivity contribution in [2.45, 2.75) is 34.2 Å². The Bertz CT molecular complexity index is 291. The van der Waals surface area contributed by atoms with Gasteiger partial charge >= 0.3 is 0 Å². The molecule has 0 spiro atoms. The van der Waals surface area contributed by atoms with Gasteiger partial charge in [-0.15, -0.1) is 0 Å². The summed E-state index contributed by atoms with van der Waals surface area (Å²) in [7, 11) is 0. The van der Waals surface area contributed by atoms with E-state index < -0.39 is 0 Å². The molecule has 0 aliphatic rings. The fourth-order valence-electron chi connectivity index (χ4n) is 1.48. The van der Waals surface area contributed by atoms with Crippen LogP contribution in [-0.4, -0.2) is 6.54 Å². The SMILES string of the molecule is Cc1ccccc1CNC[C@H](C)C(C)C. The number of aryl methyl sites for hydroxylation is 1. The Labute approximate surface area is 93.9 Å². The zero-order valence-electron chi connectivity index (χ0n) is 10.4. The Morgan fingerprint density at radius 2 is 1.80 bits per heavy atom. The third-order valence-corrected chi connectivity index (χ3v) is 3.18. The molecule has 0 saturated heterocycles. The van der Waals surface area contributed by atoms with E-state index in [1.165, 1.54) is 11.1 Å². The predicted octanol–water partition coefficient (Wildman–Crippen LogP) is 3.38. The minimum absolute atomic E-state index is 0.744. The smallest absolute Gasteiger partial charge is 0.0208 e. The molecule has 0 heterocycles. The van der Waals surface area contributed by atoms with Crippen LogP contribution in [0.1, 0.15) is 31.9 Å². The lowest BCUT2D eigenvalue weighted by Gasteiger charge is -2.16. The Hall–Kier alpha value is -0.820. The van der Waals surface area contributed by atoms with Crippen LogP contribution < -0.4 is 5.32 Å². The van der Waals surface area contributed by atoms with E-state index in [1.807, 2.05) is 0 Å². The van der Waals surface area contributed by atoms with E-state index in [0.29, 0.717) is 0 Å². The summed E-state index contributed by atoms with van der Waals surface area (Å²) in [4.78, 5) is 0. The van der Waals surface area contributed by atoms with Gasteiger partial charge in [0.15, 0.2) is 0 Å². The zero-order chi connectivity index (χ0) is 11.3. The number of hydrogen-bond acceptors (Lipinski definition) is 1. The average molecular weight is 205 g/mol. The highest BCUT2D eigenvalue weighted by Crippen LogP contribution is 2.09. The highest BCUT2D eigenvalue weighted by atomic mass is 14.9. The summed E-state index contributed by atoms with van der Waals surface area (Å²) in [5, 5.41) is 3.52. The maximum atomic E-state index is 3.52. The zero-order valence-corrected chi connectivity index (χ0v) is 10.4. The monoisotopic (exact) mass is 205 g/mol. The van der Waals surface area contributed by atoms with Crippen molar-refractivity contribution in [2.24, 2.45) is 11.8 Å². The first kappa shape index (κ1) is 12.3. The molecule has 1 heteroatoms. The molecule has 0 fully saturated rings. The number of benzene rings is 1. The lowest BCUT2D eigenvalue weighted by molar-refractivity contribution is 0.392. The fraction of sp³-hybridized carbons (Fsp3) is 0.571. The molecule has 84 valence electrons. The largest absolute Gasteiger partial charge is 0.312 e. The average Bonchev–Trinajstić information content (AvgIpc) is 2.20. The van der Waals surface area contributed by atoms with E-state index in [-0.39, 0.29) is 0 Å². The van der Waals surface area contributed by atoms with Crippen molar-refractivity contribution >= 4 is 0 Å². The Balaban J connectivity index is 2.35. The van der Waals surface area contributed by atoms with Gasteiger partial charge in [0.05, 0.1) is 0 Å². The fourth-order valence-corrected chi connectivity index (χ4v) is 1.48. The van der Waals surface area contributed by atoms with Gasteiger partial charge in [0.2, 0.25) is 0 Å². The molecule has 1 aromatic carbocycles. The van der Waals surface area contributed by atoms with E-state index in [1.54, 1.807) is 0 Å². The third-order valence-electron chi connectivity index (χ3n) is 3.18. The molecule has 1 N–H and O–H groups in total. The van der Waals surface area contributed by atoms with Gasteiger partial charge in [-0.2, -0.15) is 0 Å². The first-order valence-corrected chi connectivity index (χ1v) is 5.86. The van der Waals surface area contributed by atoms with Gasteiger partial charge in [0, 0.05) is 6.54 Å². The molecule has 0 unspecified atom stereocenters. The molecule has 0 radical (unpaired) electrons. The lowest BCUT2D eigenvalue weighted by atomic mass is 9.98. The number of rotatable bonds is 5. The standard InChI is InChI=1S/C14H23N/c1-11(2)13(4)9-15-10-14-8-6-5-7-12(14)3/h5-8,11,13,15H,9-10H2,1-4H3/t13-/m0/s1. The maximum Gasteiger partial charge on any atom is 0.0208 e.